The van der Waals surface area contributed by atoms with Crippen LogP contribution in [-0.2, 0) is 14.8 Å². The van der Waals surface area contributed by atoms with Gasteiger partial charge in [0, 0.05) is 24.7 Å². The van der Waals surface area contributed by atoms with Gasteiger partial charge in [0.15, 0.2) is 0 Å². The number of sulfonamides is 1. The number of benzene rings is 2. The Morgan fingerprint density at radius 1 is 1.11 bits per heavy atom. The van der Waals surface area contributed by atoms with Crippen molar-refractivity contribution in [2.24, 2.45) is 5.92 Å². The van der Waals surface area contributed by atoms with E-state index in [0.717, 1.165) is 22.9 Å². The van der Waals surface area contributed by atoms with Crippen molar-refractivity contribution in [3.05, 3.63) is 59.4 Å². The summed E-state index contributed by atoms with van der Waals surface area (Å²) < 4.78 is 40.4. The van der Waals surface area contributed by atoms with E-state index in [9.17, 15) is 17.6 Å². The van der Waals surface area contributed by atoms with Gasteiger partial charge in [-0.2, -0.15) is 4.31 Å². The van der Waals surface area contributed by atoms with Gasteiger partial charge in [-0.3, -0.25) is 4.79 Å². The molecule has 0 aromatic heterocycles. The van der Waals surface area contributed by atoms with E-state index in [1.54, 1.807) is 0 Å². The Bertz CT molecular complexity index is 951. The fourth-order valence-corrected chi connectivity index (χ4v) is 4.87. The number of piperidine rings is 1. The van der Waals surface area contributed by atoms with Crippen LogP contribution in [0.15, 0.2) is 47.4 Å². The molecule has 1 aliphatic rings. The van der Waals surface area contributed by atoms with Crippen molar-refractivity contribution in [3.8, 4) is 0 Å². The molecule has 3 rings (SSSR count). The van der Waals surface area contributed by atoms with E-state index in [1.807, 2.05) is 32.0 Å². The van der Waals surface area contributed by atoms with Crippen LogP contribution in [0, 0.1) is 25.6 Å². The second-order valence-electron chi connectivity index (χ2n) is 6.92. The minimum absolute atomic E-state index is 0.107. The largest absolute Gasteiger partial charge is 0.326 e. The summed E-state index contributed by atoms with van der Waals surface area (Å²) in [5.74, 6) is -1.13. The summed E-state index contributed by atoms with van der Waals surface area (Å²) in [5.41, 5.74) is 2.88. The van der Waals surface area contributed by atoms with E-state index >= 15 is 0 Å². The van der Waals surface area contributed by atoms with E-state index in [4.69, 9.17) is 0 Å². The fourth-order valence-electron chi connectivity index (χ4n) is 3.34. The predicted octanol–water partition coefficient (Wildman–Crippen LogP) is 3.48. The van der Waals surface area contributed by atoms with Crippen LogP contribution < -0.4 is 5.32 Å². The third-order valence-corrected chi connectivity index (χ3v) is 6.85. The fraction of sp³-hybridized carbons (Fsp3) is 0.350. The summed E-state index contributed by atoms with van der Waals surface area (Å²) in [6.45, 7) is 4.32. The minimum atomic E-state index is -3.89. The summed E-state index contributed by atoms with van der Waals surface area (Å²) in [4.78, 5) is 12.2. The van der Waals surface area contributed by atoms with E-state index < -0.39 is 15.8 Å². The number of aryl methyl sites for hydroxylation is 2. The van der Waals surface area contributed by atoms with Gasteiger partial charge in [-0.25, -0.2) is 12.8 Å². The molecule has 1 fully saturated rings. The summed E-state index contributed by atoms with van der Waals surface area (Å²) in [6.07, 6.45) is 0.814. The number of rotatable bonds is 4. The van der Waals surface area contributed by atoms with E-state index in [1.165, 1.54) is 22.5 Å². The van der Waals surface area contributed by atoms with Crippen molar-refractivity contribution in [1.29, 1.82) is 0 Å². The molecule has 27 heavy (non-hydrogen) atoms. The second-order valence-corrected chi connectivity index (χ2v) is 8.82. The molecule has 1 saturated heterocycles. The lowest BCUT2D eigenvalue weighted by atomic mass is 9.97. The molecule has 0 radical (unpaired) electrons. The zero-order valence-corrected chi connectivity index (χ0v) is 16.2. The maximum Gasteiger partial charge on any atom is 0.245 e. The molecule has 5 nitrogen and oxygen atoms in total. The predicted molar refractivity (Wildman–Crippen MR) is 102 cm³/mol. The first-order chi connectivity index (χ1) is 12.8. The zero-order chi connectivity index (χ0) is 19.6. The number of amides is 1. The van der Waals surface area contributed by atoms with Crippen molar-refractivity contribution >= 4 is 21.6 Å². The van der Waals surface area contributed by atoms with Crippen LogP contribution in [0.5, 0.6) is 0 Å². The molecule has 1 heterocycles. The van der Waals surface area contributed by atoms with E-state index in [-0.39, 0.29) is 29.8 Å². The second kappa shape index (κ2) is 7.78. The number of carbonyl (C=O) groups is 1. The van der Waals surface area contributed by atoms with Crippen LogP contribution in [0.3, 0.4) is 0 Å². The van der Waals surface area contributed by atoms with Crippen LogP contribution in [0.25, 0.3) is 0 Å². The molecule has 1 amide bonds. The molecule has 0 unspecified atom stereocenters. The van der Waals surface area contributed by atoms with Crippen molar-refractivity contribution in [3.63, 3.8) is 0 Å². The molecular weight excluding hydrogens is 367 g/mol. The van der Waals surface area contributed by atoms with Crippen LogP contribution in [0.2, 0.25) is 0 Å². The van der Waals surface area contributed by atoms with E-state index in [2.05, 4.69) is 5.32 Å². The lowest BCUT2D eigenvalue weighted by Gasteiger charge is -2.30. The molecule has 2 aromatic rings. The Balaban J connectivity index is 1.65. The average molecular weight is 390 g/mol. The third-order valence-electron chi connectivity index (χ3n) is 4.92. The molecule has 0 aliphatic carbocycles. The van der Waals surface area contributed by atoms with Crippen LogP contribution in [0.1, 0.15) is 24.0 Å². The van der Waals surface area contributed by atoms with Gasteiger partial charge in [-0.05, 0) is 50.5 Å². The van der Waals surface area contributed by atoms with Gasteiger partial charge >= 0.3 is 0 Å². The van der Waals surface area contributed by atoms with Crippen LogP contribution in [-0.4, -0.2) is 31.7 Å². The Morgan fingerprint density at radius 3 is 2.41 bits per heavy atom. The number of nitrogens with one attached hydrogen (secondary N) is 1. The van der Waals surface area contributed by atoms with Gasteiger partial charge in [0.2, 0.25) is 15.9 Å². The number of halogens is 1. The molecule has 1 aliphatic heterocycles. The summed E-state index contributed by atoms with van der Waals surface area (Å²) >= 11 is 0. The standard InChI is InChI=1S/C20H23FN2O3S/c1-14-7-8-18(15(2)13-14)22-20(24)16-9-11-23(12-10-16)27(25,26)19-6-4-3-5-17(19)21/h3-8,13,16H,9-12H2,1-2H3,(H,22,24). The van der Waals surface area contributed by atoms with E-state index in [0.29, 0.717) is 12.8 Å². The first-order valence-electron chi connectivity index (χ1n) is 8.92. The molecule has 144 valence electrons. The number of hydrogen-bond acceptors (Lipinski definition) is 3. The molecule has 0 spiro atoms. The maximum absolute atomic E-state index is 13.9. The van der Waals surface area contributed by atoms with Crippen LogP contribution in [0.4, 0.5) is 10.1 Å². The molecule has 1 N–H and O–H groups in total. The van der Waals surface area contributed by atoms with Gasteiger partial charge in [-0.1, -0.05) is 29.8 Å². The normalized spacial score (nSPS) is 16.3. The van der Waals surface area contributed by atoms with Crippen molar-refractivity contribution in [2.45, 2.75) is 31.6 Å². The van der Waals surface area contributed by atoms with Gasteiger partial charge in [0.1, 0.15) is 10.7 Å². The molecule has 2 aromatic carbocycles. The Kier molecular flexibility index (Phi) is 5.62. The Hall–Kier alpha value is -2.25. The number of hydrogen-bond donors (Lipinski definition) is 1. The van der Waals surface area contributed by atoms with Crippen LogP contribution >= 0.6 is 0 Å². The summed E-state index contributed by atoms with van der Waals surface area (Å²) in [6, 6.07) is 11.2. The Labute approximate surface area is 159 Å². The summed E-state index contributed by atoms with van der Waals surface area (Å²) in [7, 11) is -3.89. The monoisotopic (exact) mass is 390 g/mol. The smallest absolute Gasteiger partial charge is 0.245 e. The maximum atomic E-state index is 13.9. The molecule has 0 atom stereocenters. The highest BCUT2D eigenvalue weighted by molar-refractivity contribution is 7.89. The first kappa shape index (κ1) is 19.5. The topological polar surface area (TPSA) is 66.5 Å². The van der Waals surface area contributed by atoms with Crippen molar-refractivity contribution < 1.29 is 17.6 Å². The number of carbonyl (C=O) groups excluding carboxylic acids is 1. The van der Waals surface area contributed by atoms with Gasteiger partial charge in [0.05, 0.1) is 0 Å². The molecular formula is C20H23FN2O3S. The zero-order valence-electron chi connectivity index (χ0n) is 15.4. The molecule has 7 heteroatoms. The number of nitrogens with zero attached hydrogens (tertiary/aromatic N) is 1. The lowest BCUT2D eigenvalue weighted by Crippen LogP contribution is -2.41. The quantitative estimate of drug-likeness (QED) is 0.869. The highest BCUT2D eigenvalue weighted by Gasteiger charge is 2.33. The lowest BCUT2D eigenvalue weighted by molar-refractivity contribution is -0.120. The van der Waals surface area contributed by atoms with Crippen molar-refractivity contribution in [1.82, 2.24) is 4.31 Å². The Morgan fingerprint density at radius 2 is 1.78 bits per heavy atom. The average Bonchev–Trinajstić information content (AvgIpc) is 2.64. The SMILES string of the molecule is Cc1ccc(NC(=O)C2CCN(S(=O)(=O)c3ccccc3F)CC2)c(C)c1. The molecule has 0 bridgehead atoms. The van der Waals surface area contributed by atoms with Gasteiger partial charge in [-0.15, -0.1) is 0 Å². The third kappa shape index (κ3) is 4.20. The highest BCUT2D eigenvalue weighted by Crippen LogP contribution is 2.26. The highest BCUT2D eigenvalue weighted by atomic mass is 32.2. The van der Waals surface area contributed by atoms with Gasteiger partial charge in [0.25, 0.3) is 0 Å². The molecule has 0 saturated carbocycles. The number of anilines is 1. The van der Waals surface area contributed by atoms with Crippen molar-refractivity contribution in [2.75, 3.05) is 18.4 Å². The first-order valence-corrected chi connectivity index (χ1v) is 10.4. The minimum Gasteiger partial charge on any atom is -0.326 e. The summed E-state index contributed by atoms with van der Waals surface area (Å²) in [5, 5.41) is 2.93. The van der Waals surface area contributed by atoms with Gasteiger partial charge < -0.3 is 5.32 Å².